The first-order valence-electron chi connectivity index (χ1n) is 3.70. The molecule has 0 spiro atoms. The zero-order valence-electron chi connectivity index (χ0n) is 7.22. The molecule has 0 amide bonds. The summed E-state index contributed by atoms with van der Waals surface area (Å²) in [6.07, 6.45) is 1.58. The number of carbonyl (C=O) groups is 2. The second-order valence-corrected chi connectivity index (χ2v) is 2.48. The number of aliphatic carboxylic acids is 2. The molecule has 1 rings (SSSR count). The van der Waals surface area contributed by atoms with Gasteiger partial charge in [0, 0.05) is 0 Å². The fraction of sp³-hybridized carbons (Fsp3) is 0.143. The highest BCUT2D eigenvalue weighted by Crippen LogP contribution is 2.01. The molecule has 1 aromatic heterocycles. The summed E-state index contributed by atoms with van der Waals surface area (Å²) < 4.78 is 12.4. The number of carboxylic acids is 2. The molecule has 0 saturated carbocycles. The van der Waals surface area contributed by atoms with Crippen molar-refractivity contribution in [3.63, 3.8) is 0 Å². The summed E-state index contributed by atoms with van der Waals surface area (Å²) in [5.41, 5.74) is 0. The largest absolute Gasteiger partial charge is 0.479 e. The van der Waals surface area contributed by atoms with Gasteiger partial charge in [0.05, 0.1) is 12.4 Å². The molecule has 0 atom stereocenters. The third kappa shape index (κ3) is 2.86. The Bertz CT molecular complexity index is 366. The third-order valence-electron chi connectivity index (χ3n) is 1.39. The molecular formula is C7H6FN3O4. The van der Waals surface area contributed by atoms with Gasteiger partial charge in [-0.2, -0.15) is 0 Å². The first kappa shape index (κ1) is 10.8. The molecule has 1 heterocycles. The van der Waals surface area contributed by atoms with E-state index in [9.17, 15) is 14.0 Å². The highest BCUT2D eigenvalue weighted by molar-refractivity contribution is 5.99. The number of nitrogens with one attached hydrogen (secondary N) is 1. The molecule has 80 valence electrons. The maximum Gasteiger partial charge on any atom is 0.338 e. The predicted molar refractivity (Wildman–Crippen MR) is 44.7 cm³/mol. The van der Waals surface area contributed by atoms with Gasteiger partial charge in [0.1, 0.15) is 0 Å². The van der Waals surface area contributed by atoms with Crippen LogP contribution >= 0.6 is 0 Å². The van der Waals surface area contributed by atoms with Crippen molar-refractivity contribution < 1.29 is 24.2 Å². The van der Waals surface area contributed by atoms with Gasteiger partial charge in [-0.3, -0.25) is 0 Å². The molecule has 1 aromatic rings. The van der Waals surface area contributed by atoms with Gasteiger partial charge in [-0.05, 0) is 0 Å². The van der Waals surface area contributed by atoms with Crippen LogP contribution in [-0.2, 0) is 9.59 Å². The lowest BCUT2D eigenvalue weighted by Crippen LogP contribution is -2.37. The number of halogens is 1. The lowest BCUT2D eigenvalue weighted by Gasteiger charge is -2.08. The Morgan fingerprint density at radius 3 is 2.13 bits per heavy atom. The highest BCUT2D eigenvalue weighted by atomic mass is 19.1. The zero-order valence-corrected chi connectivity index (χ0v) is 7.22. The second-order valence-electron chi connectivity index (χ2n) is 2.48. The molecule has 15 heavy (non-hydrogen) atoms. The van der Waals surface area contributed by atoms with E-state index in [0.717, 1.165) is 12.4 Å². The van der Waals surface area contributed by atoms with Crippen LogP contribution < -0.4 is 5.32 Å². The molecule has 8 heteroatoms. The standard InChI is InChI=1S/C7H6FN3O4/c8-3-1-9-7(10-2-3)11-4(5(12)13)6(14)15/h1-2,4H,(H,12,13)(H,14,15)(H,9,10,11). The lowest BCUT2D eigenvalue weighted by molar-refractivity contribution is -0.148. The summed E-state index contributed by atoms with van der Waals surface area (Å²) in [7, 11) is 0. The van der Waals surface area contributed by atoms with Crippen molar-refractivity contribution in [2.45, 2.75) is 6.04 Å². The molecule has 0 aliphatic rings. The van der Waals surface area contributed by atoms with Crippen molar-refractivity contribution >= 4 is 17.9 Å². The van der Waals surface area contributed by atoms with Crippen molar-refractivity contribution in [1.82, 2.24) is 9.97 Å². The Hall–Kier alpha value is -2.25. The number of nitrogens with zero attached hydrogens (tertiary/aromatic N) is 2. The van der Waals surface area contributed by atoms with Crippen LogP contribution in [0.5, 0.6) is 0 Å². The molecule has 0 radical (unpaired) electrons. The quantitative estimate of drug-likeness (QED) is 0.584. The van der Waals surface area contributed by atoms with Gasteiger partial charge in [0.15, 0.2) is 5.82 Å². The number of hydrogen-bond donors (Lipinski definition) is 3. The van der Waals surface area contributed by atoms with Crippen LogP contribution in [0, 0.1) is 5.82 Å². The summed E-state index contributed by atoms with van der Waals surface area (Å²) in [6.45, 7) is 0. The van der Waals surface area contributed by atoms with E-state index < -0.39 is 23.8 Å². The number of carboxylic acid groups (broad SMARTS) is 2. The fourth-order valence-electron chi connectivity index (χ4n) is 0.745. The van der Waals surface area contributed by atoms with Crippen LogP contribution in [0.15, 0.2) is 12.4 Å². The van der Waals surface area contributed by atoms with Gasteiger partial charge in [0.2, 0.25) is 12.0 Å². The Labute approximate surface area is 82.6 Å². The van der Waals surface area contributed by atoms with Gasteiger partial charge in [-0.25, -0.2) is 23.9 Å². The van der Waals surface area contributed by atoms with E-state index >= 15 is 0 Å². The first-order chi connectivity index (χ1) is 7.00. The van der Waals surface area contributed by atoms with Crippen molar-refractivity contribution in [2.75, 3.05) is 5.32 Å². The van der Waals surface area contributed by atoms with Gasteiger partial charge in [-0.15, -0.1) is 0 Å². The minimum atomic E-state index is -1.87. The van der Waals surface area contributed by atoms with Crippen LogP contribution in [0.25, 0.3) is 0 Å². The molecule has 0 unspecified atom stereocenters. The first-order valence-corrected chi connectivity index (χ1v) is 3.70. The Kier molecular flexibility index (Phi) is 3.11. The summed E-state index contributed by atoms with van der Waals surface area (Å²) in [5.74, 6) is -4.15. The van der Waals surface area contributed by atoms with Gasteiger partial charge in [0.25, 0.3) is 0 Å². The third-order valence-corrected chi connectivity index (χ3v) is 1.39. The molecule has 7 nitrogen and oxygen atoms in total. The molecule has 0 fully saturated rings. The van der Waals surface area contributed by atoms with Crippen LogP contribution in [0.4, 0.5) is 10.3 Å². The number of hydrogen-bond acceptors (Lipinski definition) is 5. The van der Waals surface area contributed by atoms with E-state index in [1.54, 1.807) is 0 Å². The minimum absolute atomic E-state index is 0.272. The smallest absolute Gasteiger partial charge is 0.338 e. The lowest BCUT2D eigenvalue weighted by atomic mass is 10.3. The van der Waals surface area contributed by atoms with E-state index in [1.165, 1.54) is 0 Å². The molecule has 3 N–H and O–H groups in total. The van der Waals surface area contributed by atoms with Gasteiger partial charge in [-0.1, -0.05) is 0 Å². The number of aromatic nitrogens is 2. The summed E-state index contributed by atoms with van der Waals surface area (Å²) in [4.78, 5) is 27.6. The van der Waals surface area contributed by atoms with Crippen LogP contribution in [0.1, 0.15) is 0 Å². The SMILES string of the molecule is O=C(O)C(Nc1ncc(F)cn1)C(=O)O. The number of anilines is 1. The fourth-order valence-corrected chi connectivity index (χ4v) is 0.745. The Balaban J connectivity index is 2.79. The molecular weight excluding hydrogens is 209 g/mol. The van der Waals surface area contributed by atoms with E-state index in [4.69, 9.17) is 10.2 Å². The van der Waals surface area contributed by atoms with E-state index in [0.29, 0.717) is 0 Å². The monoisotopic (exact) mass is 215 g/mol. The minimum Gasteiger partial charge on any atom is -0.479 e. The molecule has 0 aliphatic carbocycles. The summed E-state index contributed by atoms with van der Waals surface area (Å²) in [5, 5.41) is 19.0. The second kappa shape index (κ2) is 4.31. The van der Waals surface area contributed by atoms with E-state index in [1.807, 2.05) is 5.32 Å². The van der Waals surface area contributed by atoms with E-state index in [2.05, 4.69) is 9.97 Å². The maximum atomic E-state index is 12.4. The Morgan fingerprint density at radius 2 is 1.73 bits per heavy atom. The maximum absolute atomic E-state index is 12.4. The average molecular weight is 215 g/mol. The average Bonchev–Trinajstić information content (AvgIpc) is 2.15. The summed E-state index contributed by atoms with van der Waals surface area (Å²) in [6, 6.07) is -1.87. The highest BCUT2D eigenvalue weighted by Gasteiger charge is 2.26. The van der Waals surface area contributed by atoms with Crippen LogP contribution in [-0.4, -0.2) is 38.2 Å². The molecule has 0 aromatic carbocycles. The molecule has 0 aliphatic heterocycles. The molecule has 0 saturated heterocycles. The van der Waals surface area contributed by atoms with Crippen molar-refractivity contribution in [3.05, 3.63) is 18.2 Å². The van der Waals surface area contributed by atoms with Gasteiger partial charge < -0.3 is 15.5 Å². The van der Waals surface area contributed by atoms with Crippen LogP contribution in [0.2, 0.25) is 0 Å². The van der Waals surface area contributed by atoms with Crippen molar-refractivity contribution in [1.29, 1.82) is 0 Å². The topological polar surface area (TPSA) is 112 Å². The predicted octanol–water partition coefficient (Wildman–Crippen LogP) is -0.435. The molecule has 0 bridgehead atoms. The zero-order chi connectivity index (χ0) is 11.4. The van der Waals surface area contributed by atoms with Crippen LogP contribution in [0.3, 0.4) is 0 Å². The van der Waals surface area contributed by atoms with E-state index in [-0.39, 0.29) is 5.95 Å². The Morgan fingerprint density at radius 1 is 1.27 bits per heavy atom. The number of rotatable bonds is 4. The van der Waals surface area contributed by atoms with Crippen molar-refractivity contribution in [2.24, 2.45) is 0 Å². The normalized spacial score (nSPS) is 10.0. The van der Waals surface area contributed by atoms with Crippen molar-refractivity contribution in [3.8, 4) is 0 Å². The van der Waals surface area contributed by atoms with Gasteiger partial charge >= 0.3 is 11.9 Å². The summed E-state index contributed by atoms with van der Waals surface area (Å²) >= 11 is 0.